The second kappa shape index (κ2) is 4.99. The van der Waals surface area contributed by atoms with Crippen LogP contribution in [0.5, 0.6) is 0 Å². The molecule has 6 heteroatoms. The first-order valence-electron chi connectivity index (χ1n) is 5.81. The van der Waals surface area contributed by atoms with Crippen molar-refractivity contribution in [2.45, 2.75) is 39.8 Å². The summed E-state index contributed by atoms with van der Waals surface area (Å²) in [6.07, 6.45) is 5.19. The van der Waals surface area contributed by atoms with Crippen LogP contribution >= 0.6 is 0 Å². The minimum atomic E-state index is -0.0388. The van der Waals surface area contributed by atoms with Gasteiger partial charge in [0.2, 0.25) is 5.89 Å². The molecule has 2 rings (SSSR count). The fourth-order valence-corrected chi connectivity index (χ4v) is 1.63. The van der Waals surface area contributed by atoms with Crippen molar-refractivity contribution >= 4 is 0 Å². The van der Waals surface area contributed by atoms with Crippen molar-refractivity contribution in [3.8, 4) is 0 Å². The number of aryl methyl sites for hydroxylation is 2. The summed E-state index contributed by atoms with van der Waals surface area (Å²) in [7, 11) is 0. The molecule has 0 aliphatic carbocycles. The van der Waals surface area contributed by atoms with Gasteiger partial charge in [0.25, 0.3) is 0 Å². The van der Waals surface area contributed by atoms with Crippen LogP contribution in [0.2, 0.25) is 0 Å². The summed E-state index contributed by atoms with van der Waals surface area (Å²) in [5.74, 6) is 1.14. The third-order valence-corrected chi connectivity index (χ3v) is 2.51. The SMILES string of the molecule is CCCn1ccn(Cc2nc(CC)no2)c1=O. The second-order valence-electron chi connectivity index (χ2n) is 3.86. The first-order valence-corrected chi connectivity index (χ1v) is 5.81. The predicted molar refractivity (Wildman–Crippen MR) is 61.8 cm³/mol. The smallest absolute Gasteiger partial charge is 0.328 e. The van der Waals surface area contributed by atoms with Crippen molar-refractivity contribution in [3.05, 3.63) is 34.6 Å². The van der Waals surface area contributed by atoms with Gasteiger partial charge in [-0.1, -0.05) is 19.0 Å². The number of aromatic nitrogens is 4. The molecule has 6 nitrogen and oxygen atoms in total. The molecular weight excluding hydrogens is 220 g/mol. The lowest BCUT2D eigenvalue weighted by Gasteiger charge is -1.97. The van der Waals surface area contributed by atoms with E-state index >= 15 is 0 Å². The average Bonchev–Trinajstić information content (AvgIpc) is 2.91. The highest BCUT2D eigenvalue weighted by atomic mass is 16.5. The highest BCUT2D eigenvalue weighted by Crippen LogP contribution is 2.00. The average molecular weight is 236 g/mol. The summed E-state index contributed by atoms with van der Waals surface area (Å²) in [6, 6.07) is 0. The molecule has 0 spiro atoms. The predicted octanol–water partition coefficient (Wildman–Crippen LogP) is 1.05. The number of imidazole rings is 1. The van der Waals surface area contributed by atoms with Crippen molar-refractivity contribution in [1.82, 2.24) is 19.3 Å². The van der Waals surface area contributed by atoms with Gasteiger partial charge in [0.1, 0.15) is 6.54 Å². The fraction of sp³-hybridized carbons (Fsp3) is 0.545. The van der Waals surface area contributed by atoms with E-state index in [0.717, 1.165) is 19.4 Å². The quantitative estimate of drug-likeness (QED) is 0.778. The van der Waals surface area contributed by atoms with Crippen LogP contribution in [0.4, 0.5) is 0 Å². The first kappa shape index (κ1) is 11.6. The molecule has 0 aliphatic heterocycles. The van der Waals surface area contributed by atoms with Gasteiger partial charge in [0, 0.05) is 25.4 Å². The Hall–Kier alpha value is -1.85. The Kier molecular flexibility index (Phi) is 3.41. The van der Waals surface area contributed by atoms with Crippen molar-refractivity contribution < 1.29 is 4.52 Å². The topological polar surface area (TPSA) is 65.8 Å². The number of hydrogen-bond donors (Lipinski definition) is 0. The summed E-state index contributed by atoms with van der Waals surface area (Å²) < 4.78 is 8.30. The lowest BCUT2D eigenvalue weighted by molar-refractivity contribution is 0.364. The van der Waals surface area contributed by atoms with E-state index in [0.29, 0.717) is 18.3 Å². The van der Waals surface area contributed by atoms with Gasteiger partial charge in [-0.2, -0.15) is 4.98 Å². The fourth-order valence-electron chi connectivity index (χ4n) is 1.63. The molecule has 0 radical (unpaired) electrons. The van der Waals surface area contributed by atoms with E-state index in [1.54, 1.807) is 21.5 Å². The molecule has 0 unspecified atom stereocenters. The molecule has 0 atom stereocenters. The van der Waals surface area contributed by atoms with Crippen molar-refractivity contribution in [1.29, 1.82) is 0 Å². The van der Waals surface area contributed by atoms with Crippen LogP contribution < -0.4 is 5.69 Å². The zero-order valence-electron chi connectivity index (χ0n) is 10.1. The van der Waals surface area contributed by atoms with E-state index < -0.39 is 0 Å². The maximum Gasteiger partial charge on any atom is 0.328 e. The normalized spacial score (nSPS) is 10.9. The molecule has 2 aromatic heterocycles. The standard InChI is InChI=1S/C11H16N4O2/c1-3-5-14-6-7-15(11(14)16)8-10-12-9(4-2)13-17-10/h6-7H,3-5,8H2,1-2H3. The maximum atomic E-state index is 11.9. The lowest BCUT2D eigenvalue weighted by atomic mass is 10.5. The summed E-state index contributed by atoms with van der Waals surface area (Å²) in [5.41, 5.74) is -0.0388. The summed E-state index contributed by atoms with van der Waals surface area (Å²) in [4.78, 5) is 16.0. The van der Waals surface area contributed by atoms with Gasteiger partial charge in [-0.25, -0.2) is 4.79 Å². The van der Waals surface area contributed by atoms with E-state index in [1.807, 2.05) is 13.8 Å². The third kappa shape index (κ3) is 2.46. The van der Waals surface area contributed by atoms with Crippen molar-refractivity contribution in [2.24, 2.45) is 0 Å². The molecule has 0 saturated carbocycles. The van der Waals surface area contributed by atoms with Crippen LogP contribution in [-0.4, -0.2) is 19.3 Å². The number of rotatable bonds is 5. The van der Waals surface area contributed by atoms with E-state index in [9.17, 15) is 4.79 Å². The van der Waals surface area contributed by atoms with Crippen LogP contribution in [0.15, 0.2) is 21.7 Å². The van der Waals surface area contributed by atoms with Gasteiger partial charge < -0.3 is 4.52 Å². The molecule has 0 aliphatic rings. The van der Waals surface area contributed by atoms with Crippen LogP contribution in [0, 0.1) is 0 Å². The van der Waals surface area contributed by atoms with Gasteiger partial charge in [-0.15, -0.1) is 0 Å². The van der Waals surface area contributed by atoms with Gasteiger partial charge in [-0.05, 0) is 6.42 Å². The molecule has 0 N–H and O–H groups in total. The van der Waals surface area contributed by atoms with Gasteiger partial charge in [0.15, 0.2) is 5.82 Å². The van der Waals surface area contributed by atoms with Gasteiger partial charge in [0.05, 0.1) is 0 Å². The Labute approximate surface area is 98.9 Å². The minimum absolute atomic E-state index is 0.0388. The molecule has 0 aromatic carbocycles. The third-order valence-electron chi connectivity index (χ3n) is 2.51. The molecular formula is C11H16N4O2. The minimum Gasteiger partial charge on any atom is -0.337 e. The Morgan fingerprint density at radius 1 is 1.29 bits per heavy atom. The molecule has 0 saturated heterocycles. The Morgan fingerprint density at radius 2 is 2.06 bits per heavy atom. The zero-order chi connectivity index (χ0) is 12.3. The van der Waals surface area contributed by atoms with Crippen molar-refractivity contribution in [3.63, 3.8) is 0 Å². The van der Waals surface area contributed by atoms with Crippen LogP contribution in [-0.2, 0) is 19.5 Å². The highest BCUT2D eigenvalue weighted by molar-refractivity contribution is 4.90. The van der Waals surface area contributed by atoms with E-state index in [4.69, 9.17) is 4.52 Å². The molecule has 0 amide bonds. The second-order valence-corrected chi connectivity index (χ2v) is 3.86. The highest BCUT2D eigenvalue weighted by Gasteiger charge is 2.08. The first-order chi connectivity index (χ1) is 8.24. The Bertz CT molecular complexity index is 538. The largest absolute Gasteiger partial charge is 0.337 e. The van der Waals surface area contributed by atoms with Gasteiger partial charge in [-0.3, -0.25) is 9.13 Å². The van der Waals surface area contributed by atoms with E-state index in [-0.39, 0.29) is 5.69 Å². The van der Waals surface area contributed by atoms with Gasteiger partial charge >= 0.3 is 5.69 Å². The van der Waals surface area contributed by atoms with E-state index in [1.165, 1.54) is 0 Å². The van der Waals surface area contributed by atoms with E-state index in [2.05, 4.69) is 10.1 Å². The number of nitrogens with zero attached hydrogens (tertiary/aromatic N) is 4. The molecule has 17 heavy (non-hydrogen) atoms. The molecule has 0 fully saturated rings. The molecule has 0 bridgehead atoms. The van der Waals surface area contributed by atoms with Crippen molar-refractivity contribution in [2.75, 3.05) is 0 Å². The molecule has 2 heterocycles. The summed E-state index contributed by atoms with van der Waals surface area (Å²) >= 11 is 0. The molecule has 2 aromatic rings. The maximum absolute atomic E-state index is 11.9. The summed E-state index contributed by atoms with van der Waals surface area (Å²) in [5, 5.41) is 3.80. The van der Waals surface area contributed by atoms with Crippen LogP contribution in [0.3, 0.4) is 0 Å². The Morgan fingerprint density at radius 3 is 2.71 bits per heavy atom. The van der Waals surface area contributed by atoms with Crippen LogP contribution in [0.25, 0.3) is 0 Å². The molecule has 92 valence electrons. The van der Waals surface area contributed by atoms with Crippen LogP contribution in [0.1, 0.15) is 32.0 Å². The Balaban J connectivity index is 2.16. The summed E-state index contributed by atoms with van der Waals surface area (Å²) in [6.45, 7) is 5.06. The number of hydrogen-bond acceptors (Lipinski definition) is 4. The monoisotopic (exact) mass is 236 g/mol. The zero-order valence-corrected chi connectivity index (χ0v) is 10.1. The lowest BCUT2D eigenvalue weighted by Crippen LogP contribution is -2.24.